The highest BCUT2D eigenvalue weighted by atomic mass is 31.2. The van der Waals surface area contributed by atoms with Crippen LogP contribution in [0, 0.1) is 5.41 Å². The summed E-state index contributed by atoms with van der Waals surface area (Å²) in [5, 5.41) is 5.16. The van der Waals surface area contributed by atoms with Crippen molar-refractivity contribution in [2.24, 2.45) is 5.41 Å². The molecule has 0 amide bonds. The minimum absolute atomic E-state index is 0.0770. The number of carbonyl (C=O) groups is 2. The Hall–Kier alpha value is -2.19. The van der Waals surface area contributed by atoms with Crippen molar-refractivity contribution in [3.05, 3.63) is 22.7 Å². The Labute approximate surface area is 250 Å². The van der Waals surface area contributed by atoms with Gasteiger partial charge in [-0.2, -0.15) is 4.98 Å². The Bertz CT molecular complexity index is 1300. The average Bonchev–Trinajstić information content (AvgIpc) is 3.10. The first-order chi connectivity index (χ1) is 19.7. The van der Waals surface area contributed by atoms with Crippen molar-refractivity contribution in [2.75, 3.05) is 32.3 Å². The van der Waals surface area contributed by atoms with Crippen molar-refractivity contribution >= 4 is 32.8 Å². The number of esters is 2. The molecular formula is C25H44FN5O10P2. The molecule has 1 fully saturated rings. The number of hydrogen-bond acceptors (Lipinski definition) is 12. The summed E-state index contributed by atoms with van der Waals surface area (Å²) in [6.07, 6.45) is -4.23. The van der Waals surface area contributed by atoms with Crippen LogP contribution < -0.4 is 21.6 Å². The van der Waals surface area contributed by atoms with Crippen molar-refractivity contribution in [3.8, 4) is 0 Å². The van der Waals surface area contributed by atoms with Crippen molar-refractivity contribution < 1.29 is 46.4 Å². The van der Waals surface area contributed by atoms with Crippen LogP contribution in [-0.4, -0.2) is 84.6 Å². The van der Waals surface area contributed by atoms with Gasteiger partial charge in [-0.15, -0.1) is 0 Å². The van der Waals surface area contributed by atoms with Gasteiger partial charge >= 0.3 is 17.6 Å². The lowest BCUT2D eigenvalue weighted by Gasteiger charge is -2.33. The van der Waals surface area contributed by atoms with E-state index in [1.165, 1.54) is 46.4 Å². The number of rotatable bonds is 15. The van der Waals surface area contributed by atoms with Gasteiger partial charge in [-0.05, 0) is 47.6 Å². The smallest absolute Gasteiger partial charge is 0.351 e. The van der Waals surface area contributed by atoms with E-state index in [1.807, 2.05) is 0 Å². The molecule has 2 heterocycles. The van der Waals surface area contributed by atoms with E-state index in [2.05, 4.69) is 15.2 Å². The molecule has 15 nitrogen and oxygen atoms in total. The number of ether oxygens (including phenoxy) is 3. The summed E-state index contributed by atoms with van der Waals surface area (Å²) in [5.41, 5.74) is 3.07. The minimum Gasteiger partial charge on any atom is -0.462 e. The number of hydrogen-bond donors (Lipinski definition) is 3. The number of nitrogens with zero attached hydrogens (tertiary/aromatic N) is 2. The number of anilines is 1. The van der Waals surface area contributed by atoms with Crippen molar-refractivity contribution in [2.45, 2.75) is 91.3 Å². The monoisotopic (exact) mass is 655 g/mol. The van der Waals surface area contributed by atoms with Crippen molar-refractivity contribution in [3.63, 3.8) is 0 Å². The molecule has 18 heteroatoms. The highest BCUT2D eigenvalue weighted by Gasteiger charge is 2.56. The molecule has 8 atom stereocenters. The van der Waals surface area contributed by atoms with E-state index in [9.17, 15) is 23.5 Å². The van der Waals surface area contributed by atoms with Gasteiger partial charge in [0.15, 0.2) is 12.4 Å². The van der Waals surface area contributed by atoms with Crippen LogP contribution in [0.15, 0.2) is 17.1 Å². The first kappa shape index (κ1) is 37.0. The summed E-state index contributed by atoms with van der Waals surface area (Å²) in [7, 11) is -7.41. The van der Waals surface area contributed by atoms with Crippen LogP contribution in [0.25, 0.3) is 0 Å². The van der Waals surface area contributed by atoms with Crippen LogP contribution in [0.3, 0.4) is 0 Å². The van der Waals surface area contributed by atoms with Crippen LogP contribution in [0.2, 0.25) is 0 Å². The second kappa shape index (κ2) is 14.7. The summed E-state index contributed by atoms with van der Waals surface area (Å²) in [6.45, 7) is 12.4. The molecule has 0 radical (unpaired) electrons. The Balaban J connectivity index is 2.28. The normalized spacial score (nSPS) is 26.5. The Morgan fingerprint density at radius 3 is 2.00 bits per heavy atom. The predicted octanol–water partition coefficient (Wildman–Crippen LogP) is 2.61. The van der Waals surface area contributed by atoms with Gasteiger partial charge in [-0.3, -0.25) is 23.3 Å². The molecule has 1 aromatic heterocycles. The lowest BCUT2D eigenvalue weighted by molar-refractivity contribution is -0.149. The molecule has 3 unspecified atom stereocenters. The predicted molar refractivity (Wildman–Crippen MR) is 156 cm³/mol. The maximum Gasteiger partial charge on any atom is 0.351 e. The fourth-order valence-corrected chi connectivity index (χ4v) is 6.86. The second-order valence-corrected chi connectivity index (χ2v) is 15.8. The number of nitrogen functional groups attached to an aromatic ring is 1. The molecule has 4 N–H and O–H groups in total. The van der Waals surface area contributed by atoms with Gasteiger partial charge in [0.2, 0.25) is 0 Å². The van der Waals surface area contributed by atoms with Gasteiger partial charge in [0.05, 0.1) is 36.9 Å². The first-order valence-electron chi connectivity index (χ1n) is 13.7. The number of carbonyl (C=O) groups excluding carboxylic acids is 2. The van der Waals surface area contributed by atoms with Crippen molar-refractivity contribution in [1.82, 2.24) is 19.7 Å². The van der Waals surface area contributed by atoms with E-state index < -0.39 is 88.0 Å². The molecule has 43 heavy (non-hydrogen) atoms. The van der Waals surface area contributed by atoms with Crippen LogP contribution in [0.5, 0.6) is 0 Å². The molecule has 1 aromatic rings. The molecule has 0 saturated carbocycles. The largest absolute Gasteiger partial charge is 0.462 e. The molecular weight excluding hydrogens is 611 g/mol. The van der Waals surface area contributed by atoms with Crippen molar-refractivity contribution in [1.29, 1.82) is 0 Å². The zero-order chi connectivity index (χ0) is 32.9. The zero-order valence-corrected chi connectivity index (χ0v) is 27.7. The summed E-state index contributed by atoms with van der Waals surface area (Å²) in [6, 6.07) is -0.696. The average molecular weight is 656 g/mol. The molecule has 246 valence electrons. The quantitative estimate of drug-likeness (QED) is 0.184. The molecule has 1 aliphatic rings. The highest BCUT2D eigenvalue weighted by Crippen LogP contribution is 2.50. The molecule has 0 aliphatic carbocycles. The van der Waals surface area contributed by atoms with E-state index in [1.54, 1.807) is 27.7 Å². The standard InChI is InChI=1S/C25H44FN5O10P2/c1-14(2)39-22(32)16(5)29-42(8,35)37-12-18-25(7,13-38-43(9,36)30-17(6)23(33)40-15(3)4)20(26)21(41-18)31-11-10-19(27)28-24(31)34/h10-11,14-18,20-21H,12-13H2,1-9H3,(H,29,35)(H,30,36)(H2,27,28,34)/t16-,17-,18+,20-,21+,25?,42?,43?/m0/s1. The Kier molecular flexibility index (Phi) is 12.7. The van der Waals surface area contributed by atoms with Gasteiger partial charge in [0.1, 0.15) is 17.9 Å². The van der Waals surface area contributed by atoms with Gasteiger partial charge in [0, 0.05) is 19.5 Å². The third-order valence-electron chi connectivity index (χ3n) is 6.41. The molecule has 0 spiro atoms. The number of nitrogens with two attached hydrogens (primary N) is 1. The summed E-state index contributed by atoms with van der Waals surface area (Å²) in [5.74, 6) is -1.38. The molecule has 0 aromatic carbocycles. The fraction of sp³-hybridized carbons (Fsp3) is 0.760. The fourth-order valence-electron chi connectivity index (χ4n) is 4.15. The summed E-state index contributed by atoms with van der Waals surface area (Å²) in [4.78, 5) is 40.5. The zero-order valence-electron chi connectivity index (χ0n) is 25.9. The number of nitrogens with one attached hydrogen (secondary N) is 2. The summed E-state index contributed by atoms with van der Waals surface area (Å²) >= 11 is 0. The van der Waals surface area contributed by atoms with Gasteiger partial charge in [-0.1, -0.05) is 6.92 Å². The number of aromatic nitrogens is 2. The van der Waals surface area contributed by atoms with Gasteiger partial charge < -0.3 is 29.0 Å². The minimum atomic E-state index is -3.72. The third kappa shape index (κ3) is 10.4. The molecule has 1 aliphatic heterocycles. The lowest BCUT2D eigenvalue weighted by atomic mass is 9.82. The lowest BCUT2D eigenvalue weighted by Crippen LogP contribution is -2.43. The topological polar surface area (TPSA) is 199 Å². The van der Waals surface area contributed by atoms with Crippen LogP contribution in [-0.2, 0) is 42.0 Å². The van der Waals surface area contributed by atoms with E-state index >= 15 is 4.39 Å². The second-order valence-electron chi connectivity index (χ2n) is 11.4. The summed E-state index contributed by atoms with van der Waals surface area (Å²) < 4.78 is 70.9. The molecule has 1 saturated heterocycles. The Morgan fingerprint density at radius 1 is 1.05 bits per heavy atom. The first-order valence-corrected chi connectivity index (χ1v) is 17.9. The Morgan fingerprint density at radius 2 is 1.53 bits per heavy atom. The van der Waals surface area contributed by atoms with E-state index in [4.69, 9.17) is 29.0 Å². The third-order valence-corrected chi connectivity index (χ3v) is 9.38. The van der Waals surface area contributed by atoms with Crippen LogP contribution in [0.4, 0.5) is 10.2 Å². The van der Waals surface area contributed by atoms with Gasteiger partial charge in [-0.25, -0.2) is 19.4 Å². The maximum absolute atomic E-state index is 16.2. The molecule has 0 bridgehead atoms. The van der Waals surface area contributed by atoms with Crippen LogP contribution >= 0.6 is 15.0 Å². The SMILES string of the molecule is CC(C)OC(=O)[C@H](C)NP(C)(=O)OC[C@H]1O[C@@H](n2ccc(N)nc2=O)[C@H](F)C1(C)COP(C)(=O)N[C@@H](C)C(=O)OC(C)C. The molecule has 2 rings (SSSR count). The highest BCUT2D eigenvalue weighted by molar-refractivity contribution is 7.56. The van der Waals surface area contributed by atoms with E-state index in [0.29, 0.717) is 0 Å². The van der Waals surface area contributed by atoms with E-state index in [-0.39, 0.29) is 11.9 Å². The maximum atomic E-state index is 16.2. The van der Waals surface area contributed by atoms with E-state index in [0.717, 1.165) is 4.57 Å². The number of halogens is 1. The van der Waals surface area contributed by atoms with Crippen LogP contribution in [0.1, 0.15) is 54.7 Å². The van der Waals surface area contributed by atoms with Gasteiger partial charge in [0.25, 0.3) is 15.0 Å². The number of alkyl halides is 1.